The lowest BCUT2D eigenvalue weighted by atomic mass is 9.95. The van der Waals surface area contributed by atoms with Crippen molar-refractivity contribution >= 4 is 17.3 Å². The summed E-state index contributed by atoms with van der Waals surface area (Å²) in [7, 11) is 0. The Balaban J connectivity index is 2.15. The zero-order valence-corrected chi connectivity index (χ0v) is 8.50. The molecule has 2 heteroatoms. The van der Waals surface area contributed by atoms with Crippen LogP contribution < -0.4 is 5.73 Å². The number of allylic oxidation sites excluding steroid dienone is 2. The Kier molecular flexibility index (Phi) is 1.79. The van der Waals surface area contributed by atoms with Crippen molar-refractivity contribution in [2.45, 2.75) is 16.2 Å². The van der Waals surface area contributed by atoms with Crippen LogP contribution >= 0.6 is 11.8 Å². The van der Waals surface area contributed by atoms with E-state index < -0.39 is 0 Å². The highest BCUT2D eigenvalue weighted by Gasteiger charge is 2.31. The molecule has 1 aromatic carbocycles. The van der Waals surface area contributed by atoms with Crippen molar-refractivity contribution in [1.29, 1.82) is 0 Å². The predicted octanol–water partition coefficient (Wildman–Crippen LogP) is 2.44. The molecule has 0 saturated heterocycles. The summed E-state index contributed by atoms with van der Waals surface area (Å²) in [6, 6.07) is 8.69. The summed E-state index contributed by atoms with van der Waals surface area (Å²) in [6.45, 7) is 0. The molecule has 0 amide bonds. The third kappa shape index (κ3) is 1.08. The Morgan fingerprint density at radius 2 is 2.07 bits per heavy atom. The minimum absolute atomic E-state index is 0.160. The second kappa shape index (κ2) is 3.01. The number of thioether (sulfide) groups is 1. The highest BCUT2D eigenvalue weighted by Crippen LogP contribution is 2.46. The van der Waals surface area contributed by atoms with E-state index in [0.717, 1.165) is 0 Å². The predicted molar refractivity (Wildman–Crippen MR) is 61.2 cm³/mol. The molecule has 3 rings (SSSR count). The van der Waals surface area contributed by atoms with Crippen LogP contribution in [0.2, 0.25) is 0 Å². The van der Waals surface area contributed by atoms with Gasteiger partial charge in [0.05, 0.1) is 5.25 Å². The maximum Gasteiger partial charge on any atom is 0.0538 e. The van der Waals surface area contributed by atoms with E-state index in [4.69, 9.17) is 5.73 Å². The minimum Gasteiger partial charge on any atom is -0.323 e. The van der Waals surface area contributed by atoms with Gasteiger partial charge in [0, 0.05) is 10.9 Å². The van der Waals surface area contributed by atoms with Gasteiger partial charge in [-0.2, -0.15) is 0 Å². The van der Waals surface area contributed by atoms with Gasteiger partial charge in [-0.25, -0.2) is 0 Å². The fourth-order valence-corrected chi connectivity index (χ4v) is 3.34. The third-order valence-corrected chi connectivity index (χ3v) is 4.15. The van der Waals surface area contributed by atoms with E-state index in [1.165, 1.54) is 16.0 Å². The molecule has 0 bridgehead atoms. The van der Waals surface area contributed by atoms with Gasteiger partial charge in [-0.05, 0) is 17.2 Å². The molecule has 1 heterocycles. The van der Waals surface area contributed by atoms with Gasteiger partial charge in [0.15, 0.2) is 0 Å². The average molecular weight is 201 g/mol. The molecule has 2 aliphatic rings. The molecule has 1 nitrogen and oxygen atoms in total. The largest absolute Gasteiger partial charge is 0.323 e. The summed E-state index contributed by atoms with van der Waals surface area (Å²) in [4.78, 5) is 1.36. The topological polar surface area (TPSA) is 26.0 Å². The number of nitrogens with two attached hydrogens (primary N) is 1. The third-order valence-electron chi connectivity index (χ3n) is 2.72. The maximum absolute atomic E-state index is 6.05. The number of hydrogen-bond acceptors (Lipinski definition) is 2. The Bertz CT molecular complexity index is 434. The summed E-state index contributed by atoms with van der Waals surface area (Å²) in [6.07, 6.45) is 6.33. The van der Waals surface area contributed by atoms with Crippen LogP contribution in [0.25, 0.3) is 5.57 Å². The number of fused-ring (bicyclic) bond motifs is 3. The number of hydrogen-bond donors (Lipinski definition) is 1. The Morgan fingerprint density at radius 3 is 3.00 bits per heavy atom. The van der Waals surface area contributed by atoms with Gasteiger partial charge in [-0.1, -0.05) is 36.4 Å². The highest BCUT2D eigenvalue weighted by molar-refractivity contribution is 8.01. The molecule has 1 aliphatic heterocycles. The number of benzene rings is 1. The molecule has 0 radical (unpaired) electrons. The Hall–Kier alpha value is -0.990. The minimum atomic E-state index is 0.160. The standard InChI is InChI=1S/C12H11NS/c13-10-6-3-5-9-8-4-1-2-7-11(8)14-12(9)10/h1-7,10,12H,13H2. The molecule has 0 saturated carbocycles. The molecule has 2 N–H and O–H groups in total. The van der Waals surface area contributed by atoms with Crippen molar-refractivity contribution in [2.75, 3.05) is 0 Å². The first kappa shape index (κ1) is 8.33. The van der Waals surface area contributed by atoms with Gasteiger partial charge in [0.25, 0.3) is 0 Å². The van der Waals surface area contributed by atoms with Crippen LogP contribution in [0.1, 0.15) is 5.56 Å². The molecule has 0 fully saturated rings. The van der Waals surface area contributed by atoms with Gasteiger partial charge in [0.1, 0.15) is 0 Å². The summed E-state index contributed by atoms with van der Waals surface area (Å²) >= 11 is 1.88. The first-order chi connectivity index (χ1) is 6.86. The molecule has 0 aromatic heterocycles. The fourth-order valence-electron chi connectivity index (χ4n) is 2.02. The fraction of sp³-hybridized carbons (Fsp3) is 0.167. The van der Waals surface area contributed by atoms with Gasteiger partial charge in [-0.15, -0.1) is 11.8 Å². The smallest absolute Gasteiger partial charge is 0.0538 e. The van der Waals surface area contributed by atoms with Crippen molar-refractivity contribution in [3.05, 3.63) is 48.1 Å². The SMILES string of the molecule is NC1C=CC=C2c3ccccc3SC21. The molecule has 2 unspecified atom stereocenters. The lowest BCUT2D eigenvalue weighted by molar-refractivity contribution is 0.859. The van der Waals surface area contributed by atoms with Crippen molar-refractivity contribution in [3.63, 3.8) is 0 Å². The lowest BCUT2D eigenvalue weighted by Crippen LogP contribution is -2.30. The normalized spacial score (nSPS) is 28.2. The van der Waals surface area contributed by atoms with Gasteiger partial charge in [-0.3, -0.25) is 0 Å². The van der Waals surface area contributed by atoms with Crippen LogP contribution in [0.15, 0.2) is 47.4 Å². The molecule has 1 aliphatic carbocycles. The van der Waals surface area contributed by atoms with Crippen molar-refractivity contribution < 1.29 is 0 Å². The zero-order chi connectivity index (χ0) is 9.54. The molecule has 0 spiro atoms. The average Bonchev–Trinajstić information content (AvgIpc) is 2.59. The van der Waals surface area contributed by atoms with Crippen molar-refractivity contribution in [3.8, 4) is 0 Å². The van der Waals surface area contributed by atoms with Crippen LogP contribution in [-0.2, 0) is 0 Å². The van der Waals surface area contributed by atoms with Gasteiger partial charge in [0.2, 0.25) is 0 Å². The first-order valence-corrected chi connectivity index (χ1v) is 5.64. The number of rotatable bonds is 0. The van der Waals surface area contributed by atoms with Crippen LogP contribution in [0.3, 0.4) is 0 Å². The summed E-state index contributed by atoms with van der Waals surface area (Å²) in [5.41, 5.74) is 8.80. The van der Waals surface area contributed by atoms with Gasteiger partial charge < -0.3 is 5.73 Å². The van der Waals surface area contributed by atoms with Crippen LogP contribution in [-0.4, -0.2) is 11.3 Å². The van der Waals surface area contributed by atoms with Crippen molar-refractivity contribution in [1.82, 2.24) is 0 Å². The molecular weight excluding hydrogens is 190 g/mol. The first-order valence-electron chi connectivity index (χ1n) is 4.76. The van der Waals surface area contributed by atoms with E-state index in [0.29, 0.717) is 5.25 Å². The quantitative estimate of drug-likeness (QED) is 0.697. The van der Waals surface area contributed by atoms with Crippen LogP contribution in [0.4, 0.5) is 0 Å². The van der Waals surface area contributed by atoms with E-state index in [2.05, 4.69) is 42.5 Å². The Labute approximate surface area is 87.7 Å². The van der Waals surface area contributed by atoms with E-state index in [-0.39, 0.29) is 6.04 Å². The monoisotopic (exact) mass is 201 g/mol. The van der Waals surface area contributed by atoms with Gasteiger partial charge >= 0.3 is 0 Å². The van der Waals surface area contributed by atoms with Crippen LogP contribution in [0, 0.1) is 0 Å². The summed E-state index contributed by atoms with van der Waals surface area (Å²) < 4.78 is 0. The lowest BCUT2D eigenvalue weighted by Gasteiger charge is -2.19. The Morgan fingerprint density at radius 1 is 1.21 bits per heavy atom. The van der Waals surface area contributed by atoms with Crippen molar-refractivity contribution in [2.24, 2.45) is 5.73 Å². The molecule has 70 valence electrons. The second-order valence-electron chi connectivity index (χ2n) is 3.62. The summed E-state index contributed by atoms with van der Waals surface area (Å²) in [5.74, 6) is 0. The summed E-state index contributed by atoms with van der Waals surface area (Å²) in [5, 5.41) is 0.428. The van der Waals surface area contributed by atoms with E-state index in [1.807, 2.05) is 11.8 Å². The highest BCUT2D eigenvalue weighted by atomic mass is 32.2. The van der Waals surface area contributed by atoms with E-state index in [9.17, 15) is 0 Å². The van der Waals surface area contributed by atoms with Crippen LogP contribution in [0.5, 0.6) is 0 Å². The second-order valence-corrected chi connectivity index (χ2v) is 4.80. The van der Waals surface area contributed by atoms with E-state index in [1.54, 1.807) is 0 Å². The molecule has 1 aromatic rings. The maximum atomic E-state index is 6.05. The molecular formula is C12H11NS. The molecule has 2 atom stereocenters. The molecule has 14 heavy (non-hydrogen) atoms. The van der Waals surface area contributed by atoms with E-state index >= 15 is 0 Å². The zero-order valence-electron chi connectivity index (χ0n) is 7.68.